The van der Waals surface area contributed by atoms with Crippen LogP contribution in [0.5, 0.6) is 11.5 Å². The van der Waals surface area contributed by atoms with E-state index in [1.807, 2.05) is 39.1 Å². The molecule has 12 heteroatoms. The van der Waals surface area contributed by atoms with Crippen LogP contribution in [0.15, 0.2) is 42.5 Å². The van der Waals surface area contributed by atoms with Gasteiger partial charge in [-0.25, -0.2) is 9.48 Å². The van der Waals surface area contributed by atoms with Gasteiger partial charge < -0.3 is 34.6 Å². The lowest BCUT2D eigenvalue weighted by Crippen LogP contribution is -2.46. The van der Waals surface area contributed by atoms with E-state index in [9.17, 15) is 19.5 Å². The van der Waals surface area contributed by atoms with Gasteiger partial charge in [0.25, 0.3) is 11.8 Å². The van der Waals surface area contributed by atoms with Crippen molar-refractivity contribution in [2.75, 3.05) is 68.6 Å². The van der Waals surface area contributed by atoms with Gasteiger partial charge in [-0.3, -0.25) is 9.59 Å². The van der Waals surface area contributed by atoms with Crippen molar-refractivity contribution in [3.05, 3.63) is 59.3 Å². The van der Waals surface area contributed by atoms with Crippen molar-refractivity contribution in [2.45, 2.75) is 70.8 Å². The van der Waals surface area contributed by atoms with E-state index < -0.39 is 17.9 Å². The van der Waals surface area contributed by atoms with E-state index >= 15 is 0 Å². The van der Waals surface area contributed by atoms with Gasteiger partial charge in [-0.1, -0.05) is 39.2 Å². The van der Waals surface area contributed by atoms with E-state index in [-0.39, 0.29) is 23.4 Å². The van der Waals surface area contributed by atoms with Crippen molar-refractivity contribution in [1.29, 1.82) is 0 Å². The second-order valence-electron chi connectivity index (χ2n) is 14.5. The number of nitrogens with one attached hydrogen (secondary N) is 1. The van der Waals surface area contributed by atoms with Gasteiger partial charge in [0.2, 0.25) is 0 Å². The molecule has 2 amide bonds. The van der Waals surface area contributed by atoms with Crippen LogP contribution in [0.2, 0.25) is 0 Å². The van der Waals surface area contributed by atoms with Gasteiger partial charge in [0.05, 0.1) is 31.2 Å². The Hall–Kier alpha value is -4.42. The van der Waals surface area contributed by atoms with Crippen molar-refractivity contribution in [3.8, 4) is 28.4 Å². The highest BCUT2D eigenvalue weighted by molar-refractivity contribution is 5.97. The molecule has 1 fully saturated rings. The zero-order valence-electron chi connectivity index (χ0n) is 32.3. The number of carbonyl (C=O) groups excluding carboxylic acids is 2. The van der Waals surface area contributed by atoms with Crippen molar-refractivity contribution in [3.63, 3.8) is 0 Å². The Balaban J connectivity index is 1.68. The molecule has 284 valence electrons. The minimum atomic E-state index is -1.05. The zero-order chi connectivity index (χ0) is 37.9. The topological polar surface area (TPSA) is 129 Å². The summed E-state index contributed by atoms with van der Waals surface area (Å²) in [5.74, 6) is -0.822. The Kier molecular flexibility index (Phi) is 14.7. The number of aliphatic carboxylic acids is 1. The van der Waals surface area contributed by atoms with Gasteiger partial charge in [-0.2, -0.15) is 5.10 Å². The molecule has 0 radical (unpaired) electrons. The second-order valence-corrected chi connectivity index (χ2v) is 14.5. The number of hydrogen-bond acceptors (Lipinski definition) is 8. The van der Waals surface area contributed by atoms with Gasteiger partial charge >= 0.3 is 5.97 Å². The summed E-state index contributed by atoms with van der Waals surface area (Å²) < 4.78 is 13.2. The summed E-state index contributed by atoms with van der Waals surface area (Å²) in [6.07, 6.45) is 6.42. The molecule has 1 unspecified atom stereocenters. The fourth-order valence-electron chi connectivity index (χ4n) is 7.03. The molecular weight excluding hydrogens is 660 g/mol. The summed E-state index contributed by atoms with van der Waals surface area (Å²) >= 11 is 0. The number of nitrogens with zero attached hydrogens (tertiary/aromatic N) is 5. The smallest absolute Gasteiger partial charge is 0.326 e. The van der Waals surface area contributed by atoms with Gasteiger partial charge in [0, 0.05) is 19.2 Å². The van der Waals surface area contributed by atoms with Gasteiger partial charge in [0.1, 0.15) is 17.5 Å². The summed E-state index contributed by atoms with van der Waals surface area (Å²) in [4.78, 5) is 46.1. The maximum Gasteiger partial charge on any atom is 0.326 e. The van der Waals surface area contributed by atoms with E-state index in [1.165, 1.54) is 0 Å². The summed E-state index contributed by atoms with van der Waals surface area (Å²) in [5.41, 5.74) is 3.27. The molecule has 0 bridgehead atoms. The van der Waals surface area contributed by atoms with Crippen molar-refractivity contribution in [1.82, 2.24) is 29.8 Å². The number of benzene rings is 2. The second kappa shape index (κ2) is 18.9. The van der Waals surface area contributed by atoms with Gasteiger partial charge in [0.15, 0.2) is 5.69 Å². The standard InChI is InChI=1S/C40H58N6O6/c1-27(2)30-25-29(39(48)45(6)24-14-23-44(5)22-13-21-43(3)4)19-20-32(30)46-33(36-34(51-7)17-12-18-35(36)52-8)26-31(42-46)38(47)41-37(40(49)50)28-15-10-9-11-16-28/h12,17-20,25-28,37H,9-11,13-16,21-24H2,1-8H3,(H,41,47)(H,49,50). The lowest BCUT2D eigenvalue weighted by atomic mass is 9.84. The predicted molar refractivity (Wildman–Crippen MR) is 204 cm³/mol. The fourth-order valence-corrected chi connectivity index (χ4v) is 7.03. The average molecular weight is 719 g/mol. The molecule has 2 N–H and O–H groups in total. The molecule has 52 heavy (non-hydrogen) atoms. The molecule has 3 aromatic rings. The Bertz CT molecular complexity index is 1640. The lowest BCUT2D eigenvalue weighted by Gasteiger charge is -2.27. The first-order valence-corrected chi connectivity index (χ1v) is 18.4. The molecule has 12 nitrogen and oxygen atoms in total. The number of carboxylic acids is 1. The molecule has 4 rings (SSSR count). The number of carbonyl (C=O) groups is 3. The summed E-state index contributed by atoms with van der Waals surface area (Å²) in [7, 11) is 11.2. The first-order valence-electron chi connectivity index (χ1n) is 18.4. The highest BCUT2D eigenvalue weighted by atomic mass is 16.5. The van der Waals surface area contributed by atoms with Crippen LogP contribution in [0.4, 0.5) is 0 Å². The number of rotatable bonds is 18. The molecule has 1 aliphatic rings. The first-order chi connectivity index (χ1) is 24.9. The molecule has 2 aromatic carbocycles. The third-order valence-electron chi connectivity index (χ3n) is 9.95. The number of methoxy groups -OCH3 is 2. The Labute approximate surface area is 309 Å². The van der Waals surface area contributed by atoms with Crippen LogP contribution >= 0.6 is 0 Å². The van der Waals surface area contributed by atoms with Crippen molar-refractivity contribution in [2.24, 2.45) is 5.92 Å². The zero-order valence-corrected chi connectivity index (χ0v) is 32.3. The van der Waals surface area contributed by atoms with Crippen LogP contribution in [-0.2, 0) is 4.79 Å². The highest BCUT2D eigenvalue weighted by Crippen LogP contribution is 2.40. The minimum Gasteiger partial charge on any atom is -0.496 e. The van der Waals surface area contributed by atoms with Gasteiger partial charge in [-0.15, -0.1) is 0 Å². The van der Waals surface area contributed by atoms with Crippen LogP contribution in [-0.4, -0.2) is 122 Å². The molecule has 0 saturated heterocycles. The maximum atomic E-state index is 13.8. The monoisotopic (exact) mass is 718 g/mol. The SMILES string of the molecule is COc1cccc(OC)c1-c1cc(C(=O)NC(C(=O)O)C2CCCCC2)nn1-c1ccc(C(=O)N(C)CCCN(C)CCCN(C)C)cc1C(C)C. The number of ether oxygens (including phenoxy) is 2. The third kappa shape index (κ3) is 10.1. The molecule has 1 saturated carbocycles. The van der Waals surface area contributed by atoms with Crippen LogP contribution in [0.1, 0.15) is 91.1 Å². The number of amides is 2. The van der Waals surface area contributed by atoms with Crippen molar-refractivity contribution >= 4 is 17.8 Å². The molecule has 0 spiro atoms. The molecule has 0 aliphatic heterocycles. The highest BCUT2D eigenvalue weighted by Gasteiger charge is 2.32. The first kappa shape index (κ1) is 40.4. The average Bonchev–Trinajstić information content (AvgIpc) is 3.57. The fraction of sp³-hybridized carbons (Fsp3) is 0.550. The molecule has 1 heterocycles. The van der Waals surface area contributed by atoms with E-state index in [4.69, 9.17) is 14.6 Å². The molecular formula is C40H58N6O6. The molecule has 1 atom stereocenters. The Morgan fingerprint density at radius 2 is 1.54 bits per heavy atom. The lowest BCUT2D eigenvalue weighted by molar-refractivity contribution is -0.141. The quantitative estimate of drug-likeness (QED) is 0.168. The van der Waals surface area contributed by atoms with E-state index in [0.29, 0.717) is 40.6 Å². The van der Waals surface area contributed by atoms with Crippen LogP contribution < -0.4 is 14.8 Å². The van der Waals surface area contributed by atoms with Gasteiger partial charge in [-0.05, 0) is 120 Å². The number of aromatic nitrogens is 2. The van der Waals surface area contributed by atoms with Crippen molar-refractivity contribution < 1.29 is 29.0 Å². The maximum absolute atomic E-state index is 13.8. The normalized spacial score (nSPS) is 14.1. The van der Waals surface area contributed by atoms with Crippen LogP contribution in [0.3, 0.4) is 0 Å². The Morgan fingerprint density at radius 3 is 2.12 bits per heavy atom. The van der Waals surface area contributed by atoms with E-state index in [0.717, 1.165) is 70.1 Å². The van der Waals surface area contributed by atoms with Crippen LogP contribution in [0.25, 0.3) is 16.9 Å². The summed E-state index contributed by atoms with van der Waals surface area (Å²) in [5, 5.41) is 17.7. The summed E-state index contributed by atoms with van der Waals surface area (Å²) in [6.45, 7) is 7.68. The molecule has 1 aromatic heterocycles. The van der Waals surface area contributed by atoms with E-state index in [2.05, 4.69) is 36.3 Å². The predicted octanol–water partition coefficient (Wildman–Crippen LogP) is 5.79. The minimum absolute atomic E-state index is 0.0135. The number of carboxylic acid groups (broad SMARTS) is 1. The molecule has 1 aliphatic carbocycles. The Morgan fingerprint density at radius 1 is 0.904 bits per heavy atom. The summed E-state index contributed by atoms with van der Waals surface area (Å²) in [6, 6.07) is 11.6. The van der Waals surface area contributed by atoms with E-state index in [1.54, 1.807) is 48.1 Å². The third-order valence-corrected chi connectivity index (χ3v) is 9.95. The number of hydrogen-bond donors (Lipinski definition) is 2. The largest absolute Gasteiger partial charge is 0.496 e. The van der Waals surface area contributed by atoms with Crippen LogP contribution in [0, 0.1) is 5.92 Å².